The van der Waals surface area contributed by atoms with Gasteiger partial charge in [0, 0.05) is 21.1 Å². The molecule has 1 N–H and O–H groups in total. The summed E-state index contributed by atoms with van der Waals surface area (Å²) in [6, 6.07) is 7.93. The van der Waals surface area contributed by atoms with Crippen molar-refractivity contribution in [2.75, 3.05) is 5.32 Å². The SMILES string of the molecule is CCC(Nc1ccsc1)c1ccc(Cl)cc1Cl. The van der Waals surface area contributed by atoms with Crippen LogP contribution in [-0.2, 0) is 0 Å². The molecule has 0 bridgehead atoms. The predicted octanol–water partition coefficient (Wildman–Crippen LogP) is 5.62. The molecule has 4 heteroatoms. The first kappa shape index (κ1) is 12.7. The minimum Gasteiger partial charge on any atom is -0.378 e. The molecule has 17 heavy (non-hydrogen) atoms. The van der Waals surface area contributed by atoms with E-state index in [1.807, 2.05) is 12.1 Å². The Morgan fingerprint density at radius 3 is 2.71 bits per heavy atom. The van der Waals surface area contributed by atoms with Crippen molar-refractivity contribution in [1.82, 2.24) is 0 Å². The van der Waals surface area contributed by atoms with E-state index in [0.29, 0.717) is 10.0 Å². The maximum Gasteiger partial charge on any atom is 0.0526 e. The summed E-state index contributed by atoms with van der Waals surface area (Å²) in [5, 5.41) is 9.00. The lowest BCUT2D eigenvalue weighted by molar-refractivity contribution is 0.750. The van der Waals surface area contributed by atoms with Crippen LogP contribution in [0.5, 0.6) is 0 Å². The summed E-state index contributed by atoms with van der Waals surface area (Å²) < 4.78 is 0. The summed E-state index contributed by atoms with van der Waals surface area (Å²) >= 11 is 13.8. The van der Waals surface area contributed by atoms with E-state index in [2.05, 4.69) is 29.1 Å². The second-order valence-corrected chi connectivity index (χ2v) is 5.41. The standard InChI is InChI=1S/C13H13Cl2NS/c1-2-13(16-10-5-6-17-8-10)11-4-3-9(14)7-12(11)15/h3-8,13,16H,2H2,1H3. The van der Waals surface area contributed by atoms with Crippen LogP contribution in [0.25, 0.3) is 0 Å². The van der Waals surface area contributed by atoms with Gasteiger partial charge in [-0.25, -0.2) is 0 Å². The largest absolute Gasteiger partial charge is 0.378 e. The highest BCUT2D eigenvalue weighted by atomic mass is 35.5. The van der Waals surface area contributed by atoms with Crippen LogP contribution in [0.15, 0.2) is 35.0 Å². The number of hydrogen-bond acceptors (Lipinski definition) is 2. The maximum absolute atomic E-state index is 6.22. The maximum atomic E-state index is 6.22. The molecule has 0 fully saturated rings. The highest BCUT2D eigenvalue weighted by molar-refractivity contribution is 7.08. The molecule has 0 amide bonds. The molecule has 0 radical (unpaired) electrons. The first-order chi connectivity index (χ1) is 8.20. The summed E-state index contributed by atoms with van der Waals surface area (Å²) in [4.78, 5) is 0. The number of hydrogen-bond donors (Lipinski definition) is 1. The van der Waals surface area contributed by atoms with Crippen LogP contribution in [-0.4, -0.2) is 0 Å². The zero-order valence-corrected chi connectivity index (χ0v) is 11.7. The van der Waals surface area contributed by atoms with Gasteiger partial charge in [0.15, 0.2) is 0 Å². The lowest BCUT2D eigenvalue weighted by atomic mass is 10.0. The number of halogens is 2. The molecule has 0 aliphatic heterocycles. The fraction of sp³-hybridized carbons (Fsp3) is 0.231. The first-order valence-corrected chi connectivity index (χ1v) is 7.14. The van der Waals surface area contributed by atoms with Gasteiger partial charge in [-0.3, -0.25) is 0 Å². The smallest absolute Gasteiger partial charge is 0.0526 e. The van der Waals surface area contributed by atoms with Gasteiger partial charge in [0.2, 0.25) is 0 Å². The topological polar surface area (TPSA) is 12.0 Å². The van der Waals surface area contributed by atoms with Crippen LogP contribution in [0.1, 0.15) is 24.9 Å². The lowest BCUT2D eigenvalue weighted by Crippen LogP contribution is -2.09. The third-order valence-electron chi connectivity index (χ3n) is 2.61. The second-order valence-electron chi connectivity index (χ2n) is 3.78. The van der Waals surface area contributed by atoms with Crippen LogP contribution in [0.3, 0.4) is 0 Å². The van der Waals surface area contributed by atoms with Gasteiger partial charge in [-0.05, 0) is 35.6 Å². The molecule has 2 aromatic rings. The Morgan fingerprint density at radius 1 is 1.29 bits per heavy atom. The van der Waals surface area contributed by atoms with E-state index in [4.69, 9.17) is 23.2 Å². The predicted molar refractivity (Wildman–Crippen MR) is 77.4 cm³/mol. The van der Waals surface area contributed by atoms with Crippen LogP contribution < -0.4 is 5.32 Å². The monoisotopic (exact) mass is 285 g/mol. The molecule has 0 aliphatic rings. The van der Waals surface area contributed by atoms with E-state index < -0.39 is 0 Å². The zero-order valence-electron chi connectivity index (χ0n) is 9.41. The van der Waals surface area contributed by atoms with Crippen molar-refractivity contribution < 1.29 is 0 Å². The molecular weight excluding hydrogens is 273 g/mol. The number of anilines is 1. The number of rotatable bonds is 4. The fourth-order valence-corrected chi connectivity index (χ4v) is 2.87. The Morgan fingerprint density at radius 2 is 2.12 bits per heavy atom. The van der Waals surface area contributed by atoms with Crippen LogP contribution in [0.2, 0.25) is 10.0 Å². The Bertz CT molecular complexity index is 482. The third-order valence-corrected chi connectivity index (χ3v) is 3.85. The van der Waals surface area contributed by atoms with Crippen LogP contribution >= 0.6 is 34.5 Å². The summed E-state index contributed by atoms with van der Waals surface area (Å²) in [5.74, 6) is 0. The van der Waals surface area contributed by atoms with Crippen molar-refractivity contribution in [2.24, 2.45) is 0 Å². The van der Waals surface area contributed by atoms with E-state index in [1.54, 1.807) is 17.4 Å². The molecule has 0 saturated carbocycles. The molecule has 1 unspecified atom stereocenters. The molecule has 1 nitrogen and oxygen atoms in total. The van der Waals surface area contributed by atoms with E-state index in [1.165, 1.54) is 0 Å². The summed E-state index contributed by atoms with van der Waals surface area (Å²) in [5.41, 5.74) is 2.22. The van der Waals surface area contributed by atoms with Gasteiger partial charge in [0.25, 0.3) is 0 Å². The zero-order chi connectivity index (χ0) is 12.3. The Hall–Kier alpha value is -0.700. The highest BCUT2D eigenvalue weighted by Crippen LogP contribution is 2.30. The first-order valence-electron chi connectivity index (χ1n) is 5.44. The minimum absolute atomic E-state index is 0.217. The van der Waals surface area contributed by atoms with E-state index in [0.717, 1.165) is 17.7 Å². The second kappa shape index (κ2) is 5.76. The molecule has 1 aromatic carbocycles. The van der Waals surface area contributed by atoms with Crippen molar-refractivity contribution >= 4 is 40.2 Å². The van der Waals surface area contributed by atoms with Gasteiger partial charge in [0.1, 0.15) is 0 Å². The number of thiophene rings is 1. The quantitative estimate of drug-likeness (QED) is 0.769. The molecule has 0 saturated heterocycles. The fourth-order valence-electron chi connectivity index (χ4n) is 1.73. The van der Waals surface area contributed by atoms with Gasteiger partial charge in [-0.2, -0.15) is 11.3 Å². The third kappa shape index (κ3) is 3.15. The lowest BCUT2D eigenvalue weighted by Gasteiger charge is -2.19. The molecule has 2 rings (SSSR count). The summed E-state index contributed by atoms with van der Waals surface area (Å²) in [6.07, 6.45) is 0.969. The average Bonchev–Trinajstić information content (AvgIpc) is 2.79. The van der Waals surface area contributed by atoms with Crippen molar-refractivity contribution in [3.05, 3.63) is 50.6 Å². The summed E-state index contributed by atoms with van der Waals surface area (Å²) in [7, 11) is 0. The number of nitrogens with one attached hydrogen (secondary N) is 1. The van der Waals surface area contributed by atoms with Gasteiger partial charge >= 0.3 is 0 Å². The van der Waals surface area contributed by atoms with Crippen molar-refractivity contribution in [3.8, 4) is 0 Å². The minimum atomic E-state index is 0.217. The molecule has 1 aromatic heterocycles. The highest BCUT2D eigenvalue weighted by Gasteiger charge is 2.13. The van der Waals surface area contributed by atoms with Gasteiger partial charge in [-0.15, -0.1) is 0 Å². The van der Waals surface area contributed by atoms with Crippen molar-refractivity contribution in [3.63, 3.8) is 0 Å². The van der Waals surface area contributed by atoms with Gasteiger partial charge < -0.3 is 5.32 Å². The molecule has 0 spiro atoms. The molecule has 90 valence electrons. The Labute approximate surface area is 115 Å². The molecule has 1 heterocycles. The molecular formula is C13H13Cl2NS. The number of benzene rings is 1. The summed E-state index contributed by atoms with van der Waals surface area (Å²) in [6.45, 7) is 2.13. The van der Waals surface area contributed by atoms with E-state index in [-0.39, 0.29) is 6.04 Å². The van der Waals surface area contributed by atoms with Crippen LogP contribution in [0, 0.1) is 0 Å². The van der Waals surface area contributed by atoms with Crippen molar-refractivity contribution in [2.45, 2.75) is 19.4 Å². The van der Waals surface area contributed by atoms with Crippen LogP contribution in [0.4, 0.5) is 5.69 Å². The Balaban J connectivity index is 2.23. The van der Waals surface area contributed by atoms with E-state index >= 15 is 0 Å². The normalized spacial score (nSPS) is 12.4. The average molecular weight is 286 g/mol. The molecule has 1 atom stereocenters. The van der Waals surface area contributed by atoms with E-state index in [9.17, 15) is 0 Å². The van der Waals surface area contributed by atoms with Gasteiger partial charge in [-0.1, -0.05) is 36.2 Å². The van der Waals surface area contributed by atoms with Gasteiger partial charge in [0.05, 0.1) is 6.04 Å². The Kier molecular flexibility index (Phi) is 4.32. The molecule has 0 aliphatic carbocycles. The van der Waals surface area contributed by atoms with Crippen molar-refractivity contribution in [1.29, 1.82) is 0 Å².